The average Bonchev–Trinajstić information content (AvgIpc) is 2.76. The molecule has 2 aromatic rings. The second-order valence-corrected chi connectivity index (χ2v) is 10.3. The quantitative estimate of drug-likeness (QED) is 0.646. The van der Waals surface area contributed by atoms with Crippen LogP contribution < -0.4 is 5.32 Å². The Kier molecular flexibility index (Phi) is 5.61. The van der Waals surface area contributed by atoms with Gasteiger partial charge in [0.25, 0.3) is 5.91 Å². The summed E-state index contributed by atoms with van der Waals surface area (Å²) in [5, 5.41) is 14.1. The first-order valence-electron chi connectivity index (χ1n) is 11.7. The van der Waals surface area contributed by atoms with E-state index in [1.54, 1.807) is 37.3 Å². The van der Waals surface area contributed by atoms with E-state index in [1.807, 2.05) is 0 Å². The van der Waals surface area contributed by atoms with Crippen molar-refractivity contribution in [3.63, 3.8) is 0 Å². The lowest BCUT2D eigenvalue weighted by Gasteiger charge is -2.58. The number of amides is 1. The molecule has 0 aromatic heterocycles. The van der Waals surface area contributed by atoms with E-state index in [-0.39, 0.29) is 24.1 Å². The molecular weight excluding hydrogens is 421 g/mol. The van der Waals surface area contributed by atoms with Crippen molar-refractivity contribution < 1.29 is 23.8 Å². The molecular formula is C27H30FNO4. The van der Waals surface area contributed by atoms with Gasteiger partial charge in [-0.1, -0.05) is 18.2 Å². The number of ether oxygens (including phenoxy) is 1. The zero-order chi connectivity index (χ0) is 23.3. The van der Waals surface area contributed by atoms with Crippen LogP contribution in [0.25, 0.3) is 0 Å². The summed E-state index contributed by atoms with van der Waals surface area (Å²) in [6, 6.07) is 9.66. The van der Waals surface area contributed by atoms with Crippen LogP contribution in [0.15, 0.2) is 36.4 Å². The minimum absolute atomic E-state index is 0.0158. The third-order valence-electron chi connectivity index (χ3n) is 7.89. The highest BCUT2D eigenvalue weighted by Gasteiger charge is 2.55. The van der Waals surface area contributed by atoms with Crippen molar-refractivity contribution in [2.75, 3.05) is 7.11 Å². The molecule has 6 heteroatoms. The number of halogens is 1. The zero-order valence-corrected chi connectivity index (χ0v) is 19.1. The summed E-state index contributed by atoms with van der Waals surface area (Å²) in [4.78, 5) is 26.3. The Morgan fingerprint density at radius 1 is 1.12 bits per heavy atom. The van der Waals surface area contributed by atoms with Crippen molar-refractivity contribution in [2.45, 2.75) is 57.3 Å². The van der Waals surface area contributed by atoms with Gasteiger partial charge in [-0.15, -0.1) is 0 Å². The predicted octanol–water partition coefficient (Wildman–Crippen LogP) is 4.18. The van der Waals surface area contributed by atoms with Crippen LogP contribution in [0, 0.1) is 30.5 Å². The summed E-state index contributed by atoms with van der Waals surface area (Å²) in [6.07, 6.45) is 4.53. The van der Waals surface area contributed by atoms with E-state index in [0.29, 0.717) is 40.0 Å². The van der Waals surface area contributed by atoms with Crippen molar-refractivity contribution in [3.05, 3.63) is 70.0 Å². The molecule has 4 fully saturated rings. The third kappa shape index (κ3) is 4.00. The van der Waals surface area contributed by atoms with Crippen molar-refractivity contribution in [2.24, 2.45) is 17.8 Å². The number of hydrogen-bond donors (Lipinski definition) is 2. The maximum Gasteiger partial charge on any atom is 0.251 e. The summed E-state index contributed by atoms with van der Waals surface area (Å²) in [5.74, 6) is 0.0441. The molecule has 2 atom stereocenters. The lowest BCUT2D eigenvalue weighted by molar-refractivity contribution is -0.136. The van der Waals surface area contributed by atoms with Crippen LogP contribution in [0.3, 0.4) is 0 Å². The second kappa shape index (κ2) is 8.33. The first kappa shape index (κ1) is 22.2. The van der Waals surface area contributed by atoms with Crippen LogP contribution in [0.4, 0.5) is 4.39 Å². The first-order valence-corrected chi connectivity index (χ1v) is 11.7. The highest BCUT2D eigenvalue weighted by Crippen LogP contribution is 2.55. The molecule has 0 saturated heterocycles. The molecule has 2 aromatic carbocycles. The Bertz CT molecular complexity index is 1100. The van der Waals surface area contributed by atoms with Gasteiger partial charge < -0.3 is 15.2 Å². The second-order valence-electron chi connectivity index (χ2n) is 10.3. The summed E-state index contributed by atoms with van der Waals surface area (Å²) in [7, 11) is 1.54. The van der Waals surface area contributed by atoms with Crippen molar-refractivity contribution in [1.29, 1.82) is 0 Å². The monoisotopic (exact) mass is 451 g/mol. The van der Waals surface area contributed by atoms with Gasteiger partial charge in [-0.2, -0.15) is 0 Å². The number of hydrogen-bond acceptors (Lipinski definition) is 4. The van der Waals surface area contributed by atoms with Crippen LogP contribution in [0.1, 0.15) is 69.5 Å². The van der Waals surface area contributed by atoms with Gasteiger partial charge in [-0.3, -0.25) is 9.59 Å². The SMILES string of the molecule is COCc1cc(C(=O)c2cccc(C)c2F)ccc1C(=O)NC1C2CC3CC1CC(O)(C3)C2. The van der Waals surface area contributed by atoms with Crippen molar-refractivity contribution in [1.82, 2.24) is 5.32 Å². The molecule has 4 saturated carbocycles. The molecule has 2 N–H and O–H groups in total. The Morgan fingerprint density at radius 2 is 1.85 bits per heavy atom. The number of ketones is 1. The van der Waals surface area contributed by atoms with Crippen molar-refractivity contribution in [3.8, 4) is 0 Å². The predicted molar refractivity (Wildman–Crippen MR) is 121 cm³/mol. The van der Waals surface area contributed by atoms with Crippen LogP contribution in [-0.4, -0.2) is 35.5 Å². The lowest BCUT2D eigenvalue weighted by Crippen LogP contribution is -2.61. The molecule has 2 unspecified atom stereocenters. The van der Waals surface area contributed by atoms with Crippen LogP contribution in [0.5, 0.6) is 0 Å². The largest absolute Gasteiger partial charge is 0.390 e. The summed E-state index contributed by atoms with van der Waals surface area (Å²) in [5.41, 5.74) is 1.25. The fraction of sp³-hybridized carbons (Fsp3) is 0.481. The molecule has 1 amide bonds. The van der Waals surface area contributed by atoms with Crippen LogP contribution in [-0.2, 0) is 11.3 Å². The fourth-order valence-corrected chi connectivity index (χ4v) is 6.66. The van der Waals surface area contributed by atoms with E-state index in [4.69, 9.17) is 4.74 Å². The summed E-state index contributed by atoms with van der Waals surface area (Å²) >= 11 is 0. The fourth-order valence-electron chi connectivity index (χ4n) is 6.66. The van der Waals surface area contributed by atoms with E-state index in [0.717, 1.165) is 32.1 Å². The average molecular weight is 452 g/mol. The highest BCUT2D eigenvalue weighted by atomic mass is 19.1. The number of aryl methyl sites for hydroxylation is 1. The van der Waals surface area contributed by atoms with E-state index >= 15 is 0 Å². The lowest BCUT2D eigenvalue weighted by atomic mass is 9.52. The molecule has 6 rings (SSSR count). The summed E-state index contributed by atoms with van der Waals surface area (Å²) in [6.45, 7) is 1.79. The topological polar surface area (TPSA) is 75.6 Å². The minimum atomic E-state index is -0.550. The molecule has 4 aliphatic carbocycles. The number of rotatable bonds is 6. The smallest absolute Gasteiger partial charge is 0.251 e. The van der Waals surface area contributed by atoms with Gasteiger partial charge in [0, 0.05) is 24.3 Å². The standard InChI is InChI=1S/C27H30FNO4/c1-15-4-3-5-22(23(15)28)25(30)17-6-7-21(20(10-17)14-33-2)26(31)29-24-18-8-16-9-19(24)13-27(32,11-16)12-18/h3-7,10,16,18-19,24,32H,8-9,11-14H2,1-2H3,(H,29,31). The Morgan fingerprint density at radius 3 is 2.52 bits per heavy atom. The van der Waals surface area contributed by atoms with Gasteiger partial charge in [0.15, 0.2) is 5.78 Å². The number of nitrogens with one attached hydrogen (secondary N) is 1. The molecule has 0 heterocycles. The Hall–Kier alpha value is -2.57. The molecule has 33 heavy (non-hydrogen) atoms. The number of methoxy groups -OCH3 is 1. The number of benzene rings is 2. The Labute approximate surface area is 193 Å². The van der Waals surface area contributed by atoms with E-state index in [1.165, 1.54) is 13.2 Å². The normalized spacial score (nSPS) is 29.8. The van der Waals surface area contributed by atoms with Crippen LogP contribution >= 0.6 is 0 Å². The van der Waals surface area contributed by atoms with Gasteiger partial charge in [0.2, 0.25) is 0 Å². The molecule has 0 radical (unpaired) electrons. The number of aliphatic hydroxyl groups is 1. The zero-order valence-electron chi connectivity index (χ0n) is 19.1. The van der Waals surface area contributed by atoms with Gasteiger partial charge in [0.1, 0.15) is 5.82 Å². The third-order valence-corrected chi connectivity index (χ3v) is 7.89. The highest BCUT2D eigenvalue weighted by molar-refractivity contribution is 6.10. The van der Waals surface area contributed by atoms with E-state index < -0.39 is 17.2 Å². The maximum absolute atomic E-state index is 14.5. The molecule has 174 valence electrons. The molecule has 4 bridgehead atoms. The maximum atomic E-state index is 14.5. The van der Waals surface area contributed by atoms with Gasteiger partial charge >= 0.3 is 0 Å². The van der Waals surface area contributed by atoms with Gasteiger partial charge in [0.05, 0.1) is 17.8 Å². The van der Waals surface area contributed by atoms with Crippen molar-refractivity contribution >= 4 is 11.7 Å². The number of carbonyl (C=O) groups excluding carboxylic acids is 2. The minimum Gasteiger partial charge on any atom is -0.390 e. The molecule has 0 aliphatic heterocycles. The van der Waals surface area contributed by atoms with E-state index in [9.17, 15) is 19.1 Å². The molecule has 4 aliphatic rings. The van der Waals surface area contributed by atoms with Gasteiger partial charge in [-0.25, -0.2) is 4.39 Å². The molecule has 0 spiro atoms. The van der Waals surface area contributed by atoms with Crippen LogP contribution in [0.2, 0.25) is 0 Å². The Balaban J connectivity index is 1.39. The van der Waals surface area contributed by atoms with Gasteiger partial charge in [-0.05, 0) is 86.1 Å². The summed E-state index contributed by atoms with van der Waals surface area (Å²) < 4.78 is 19.8. The molecule has 5 nitrogen and oxygen atoms in total. The first-order chi connectivity index (χ1) is 15.8. The van der Waals surface area contributed by atoms with E-state index in [2.05, 4.69) is 5.32 Å². The number of carbonyl (C=O) groups is 2.